The van der Waals surface area contributed by atoms with Crippen molar-refractivity contribution in [3.05, 3.63) is 11.9 Å². The van der Waals surface area contributed by atoms with Crippen LogP contribution in [0.25, 0.3) is 0 Å². The molecule has 0 aliphatic carbocycles. The zero-order valence-electron chi connectivity index (χ0n) is 9.28. The van der Waals surface area contributed by atoms with Crippen molar-refractivity contribution in [2.24, 2.45) is 0 Å². The number of aromatic nitrogens is 2. The summed E-state index contributed by atoms with van der Waals surface area (Å²) in [6, 6.07) is -0.904. The number of ether oxygens (including phenoxy) is 1. The Hall–Kier alpha value is -1.73. The van der Waals surface area contributed by atoms with E-state index in [4.69, 9.17) is 5.73 Å². The third kappa shape index (κ3) is 2.69. The number of nitrogens with zero attached hydrogens (tertiary/aromatic N) is 2. The fraction of sp³-hybridized carbons (Fsp3) is 0.556. The summed E-state index contributed by atoms with van der Waals surface area (Å²) >= 11 is 0. The van der Waals surface area contributed by atoms with E-state index in [1.165, 1.54) is 0 Å². The van der Waals surface area contributed by atoms with Gasteiger partial charge in [0.15, 0.2) is 5.69 Å². The quantitative estimate of drug-likeness (QED) is 0.828. The zero-order valence-corrected chi connectivity index (χ0v) is 9.28. The van der Waals surface area contributed by atoms with Gasteiger partial charge in [-0.15, -0.1) is 0 Å². The molecule has 0 radical (unpaired) electrons. The van der Waals surface area contributed by atoms with Gasteiger partial charge in [-0.3, -0.25) is 4.68 Å². The molecule has 0 aromatic carbocycles. The van der Waals surface area contributed by atoms with Gasteiger partial charge in [-0.1, -0.05) is 6.92 Å². The van der Waals surface area contributed by atoms with Crippen LogP contribution in [0.1, 0.15) is 25.1 Å². The minimum absolute atomic E-state index is 0.255. The second-order valence-electron chi connectivity index (χ2n) is 3.36. The Labute approximate surface area is 95.3 Å². The maximum atomic E-state index is 12.4. The number of carbonyl (C=O) groups excluding carboxylic acids is 1. The lowest BCUT2D eigenvalue weighted by Gasteiger charge is -2.12. The topological polar surface area (TPSA) is 70.1 Å². The molecule has 0 spiro atoms. The molecule has 0 aliphatic rings. The minimum Gasteiger partial charge on any atom is -0.467 e. The summed E-state index contributed by atoms with van der Waals surface area (Å²) < 4.78 is 42.7. The number of methoxy groups -OCH3 is 1. The Morgan fingerprint density at radius 1 is 1.65 bits per heavy atom. The third-order valence-electron chi connectivity index (χ3n) is 2.21. The number of carbonyl (C=O) groups is 1. The molecule has 1 atom stereocenters. The number of alkyl halides is 3. The molecule has 96 valence electrons. The van der Waals surface area contributed by atoms with Crippen LogP contribution in [0.15, 0.2) is 6.20 Å². The summed E-state index contributed by atoms with van der Waals surface area (Å²) in [5.74, 6) is -0.663. The lowest BCUT2D eigenvalue weighted by molar-refractivity contribution is -0.146. The van der Waals surface area contributed by atoms with E-state index < -0.39 is 29.6 Å². The number of rotatable bonds is 3. The first-order valence-corrected chi connectivity index (χ1v) is 4.80. The fourth-order valence-electron chi connectivity index (χ4n) is 1.38. The molecule has 0 fully saturated rings. The van der Waals surface area contributed by atoms with Crippen LogP contribution < -0.4 is 5.73 Å². The Balaban J connectivity index is 3.12. The fourth-order valence-corrected chi connectivity index (χ4v) is 1.38. The smallest absolute Gasteiger partial charge is 0.437 e. The zero-order chi connectivity index (χ0) is 13.2. The summed E-state index contributed by atoms with van der Waals surface area (Å²) in [4.78, 5) is 11.3. The molecule has 0 aliphatic heterocycles. The Bertz CT molecular complexity index is 414. The largest absolute Gasteiger partial charge is 0.467 e. The number of hydrogen-bond donors (Lipinski definition) is 1. The van der Waals surface area contributed by atoms with Crippen molar-refractivity contribution in [2.45, 2.75) is 25.6 Å². The third-order valence-corrected chi connectivity index (χ3v) is 2.21. The highest BCUT2D eigenvalue weighted by Gasteiger charge is 2.37. The molecular weight excluding hydrogens is 239 g/mol. The van der Waals surface area contributed by atoms with E-state index >= 15 is 0 Å². The second kappa shape index (κ2) is 4.64. The van der Waals surface area contributed by atoms with Gasteiger partial charge in [0.05, 0.1) is 12.8 Å². The van der Waals surface area contributed by atoms with E-state index in [1.807, 2.05) is 0 Å². The molecule has 0 saturated carbocycles. The van der Waals surface area contributed by atoms with Crippen LogP contribution in [0.5, 0.6) is 0 Å². The van der Waals surface area contributed by atoms with Crippen molar-refractivity contribution in [3.8, 4) is 0 Å². The number of nitrogens with two attached hydrogens (primary N) is 1. The summed E-state index contributed by atoms with van der Waals surface area (Å²) in [5, 5.41) is 3.29. The average molecular weight is 251 g/mol. The number of halogens is 3. The molecule has 1 heterocycles. The molecule has 17 heavy (non-hydrogen) atoms. The average Bonchev–Trinajstić information content (AvgIpc) is 2.60. The Morgan fingerprint density at radius 2 is 2.24 bits per heavy atom. The minimum atomic E-state index is -4.64. The van der Waals surface area contributed by atoms with E-state index in [-0.39, 0.29) is 6.42 Å². The molecule has 1 rings (SSSR count). The van der Waals surface area contributed by atoms with Crippen molar-refractivity contribution in [3.63, 3.8) is 0 Å². The monoisotopic (exact) mass is 251 g/mol. The first kappa shape index (κ1) is 13.3. The number of hydrogen-bond acceptors (Lipinski definition) is 4. The molecule has 8 heteroatoms. The van der Waals surface area contributed by atoms with Gasteiger partial charge >= 0.3 is 12.1 Å². The van der Waals surface area contributed by atoms with Crippen LogP contribution in [0, 0.1) is 0 Å². The lowest BCUT2D eigenvalue weighted by atomic mass is 10.2. The van der Waals surface area contributed by atoms with E-state index in [9.17, 15) is 18.0 Å². The molecule has 0 amide bonds. The first-order chi connectivity index (χ1) is 7.81. The van der Waals surface area contributed by atoms with Crippen molar-refractivity contribution in [1.82, 2.24) is 9.78 Å². The Morgan fingerprint density at radius 3 is 2.59 bits per heavy atom. The Kier molecular flexibility index (Phi) is 3.64. The standard InChI is InChI=1S/C9H12F3N3O2/c1-3-6(8(16)17-2)15-4-5(13)7(14-15)9(10,11)12/h4,6H,3,13H2,1-2H3. The van der Waals surface area contributed by atoms with Crippen LogP contribution >= 0.6 is 0 Å². The molecular formula is C9H12F3N3O2. The lowest BCUT2D eigenvalue weighted by Crippen LogP contribution is -2.21. The molecule has 5 nitrogen and oxygen atoms in total. The van der Waals surface area contributed by atoms with Gasteiger partial charge in [0.2, 0.25) is 0 Å². The van der Waals surface area contributed by atoms with Gasteiger partial charge < -0.3 is 10.5 Å². The first-order valence-electron chi connectivity index (χ1n) is 4.80. The number of anilines is 1. The highest BCUT2D eigenvalue weighted by Crippen LogP contribution is 2.32. The van der Waals surface area contributed by atoms with Gasteiger partial charge in [0.25, 0.3) is 0 Å². The van der Waals surface area contributed by atoms with Crippen LogP contribution in [-0.4, -0.2) is 22.9 Å². The van der Waals surface area contributed by atoms with Crippen LogP contribution in [0.4, 0.5) is 18.9 Å². The SMILES string of the molecule is CCC(C(=O)OC)n1cc(N)c(C(F)(F)F)n1. The van der Waals surface area contributed by atoms with Gasteiger partial charge in [0.1, 0.15) is 6.04 Å². The molecule has 1 aromatic rings. The van der Waals surface area contributed by atoms with Crippen LogP contribution in [0.3, 0.4) is 0 Å². The van der Waals surface area contributed by atoms with Gasteiger partial charge in [0, 0.05) is 6.20 Å². The van der Waals surface area contributed by atoms with Crippen molar-refractivity contribution < 1.29 is 22.7 Å². The van der Waals surface area contributed by atoms with E-state index in [0.717, 1.165) is 18.0 Å². The molecule has 0 saturated heterocycles. The molecule has 1 unspecified atom stereocenters. The summed E-state index contributed by atoms with van der Waals surface area (Å²) in [6.07, 6.45) is -3.40. The van der Waals surface area contributed by atoms with Gasteiger partial charge in [-0.05, 0) is 6.42 Å². The molecule has 2 N–H and O–H groups in total. The van der Waals surface area contributed by atoms with E-state index in [0.29, 0.717) is 0 Å². The van der Waals surface area contributed by atoms with Gasteiger partial charge in [-0.25, -0.2) is 4.79 Å². The predicted octanol–water partition coefficient (Wildman–Crippen LogP) is 1.61. The van der Waals surface area contributed by atoms with Crippen LogP contribution in [-0.2, 0) is 15.7 Å². The van der Waals surface area contributed by atoms with Crippen LogP contribution in [0.2, 0.25) is 0 Å². The van der Waals surface area contributed by atoms with Gasteiger partial charge in [-0.2, -0.15) is 18.3 Å². The number of esters is 1. The normalized spacial score (nSPS) is 13.5. The maximum Gasteiger partial charge on any atom is 0.437 e. The predicted molar refractivity (Wildman–Crippen MR) is 53.0 cm³/mol. The highest BCUT2D eigenvalue weighted by atomic mass is 19.4. The van der Waals surface area contributed by atoms with Crippen molar-refractivity contribution >= 4 is 11.7 Å². The van der Waals surface area contributed by atoms with E-state index in [2.05, 4.69) is 9.84 Å². The summed E-state index contributed by atoms with van der Waals surface area (Å²) in [6.45, 7) is 1.63. The van der Waals surface area contributed by atoms with E-state index in [1.54, 1.807) is 6.92 Å². The summed E-state index contributed by atoms with van der Waals surface area (Å²) in [7, 11) is 1.16. The van der Waals surface area contributed by atoms with Crippen molar-refractivity contribution in [2.75, 3.05) is 12.8 Å². The number of nitrogen functional groups attached to an aromatic ring is 1. The van der Waals surface area contributed by atoms with Crippen molar-refractivity contribution in [1.29, 1.82) is 0 Å². The molecule has 0 bridgehead atoms. The second-order valence-corrected chi connectivity index (χ2v) is 3.36. The summed E-state index contributed by atoms with van der Waals surface area (Å²) in [5.41, 5.74) is 3.50. The molecule has 1 aromatic heterocycles. The highest BCUT2D eigenvalue weighted by molar-refractivity contribution is 5.74. The maximum absolute atomic E-state index is 12.4.